The van der Waals surface area contributed by atoms with Crippen LogP contribution >= 0.6 is 0 Å². The molecule has 1 aromatic carbocycles. The normalized spacial score (nSPS) is 24.2. The molecule has 1 unspecified atom stereocenters. The highest BCUT2D eigenvalue weighted by atomic mass is 19.1. The molecular formula is C17H24FN3O. The van der Waals surface area contributed by atoms with E-state index in [4.69, 9.17) is 0 Å². The molecule has 1 atom stereocenters. The summed E-state index contributed by atoms with van der Waals surface area (Å²) < 4.78 is 12.9. The predicted octanol–water partition coefficient (Wildman–Crippen LogP) is 1.42. The average Bonchev–Trinajstić information content (AvgIpc) is 2.85. The van der Waals surface area contributed by atoms with E-state index in [2.05, 4.69) is 16.8 Å². The minimum atomic E-state index is -0.232. The van der Waals surface area contributed by atoms with Crippen LogP contribution < -0.4 is 0 Å². The number of benzene rings is 1. The van der Waals surface area contributed by atoms with E-state index in [0.29, 0.717) is 6.54 Å². The van der Waals surface area contributed by atoms with E-state index in [1.165, 1.54) is 12.1 Å². The summed E-state index contributed by atoms with van der Waals surface area (Å²) in [6.07, 6.45) is 0.937. The van der Waals surface area contributed by atoms with Crippen molar-refractivity contribution in [2.75, 3.05) is 46.3 Å². The van der Waals surface area contributed by atoms with Gasteiger partial charge in [-0.2, -0.15) is 0 Å². The number of likely N-dealkylation sites (tertiary alicyclic amines) is 1. The van der Waals surface area contributed by atoms with Gasteiger partial charge in [-0.25, -0.2) is 4.39 Å². The number of amides is 1. The van der Waals surface area contributed by atoms with Crippen LogP contribution in [0.15, 0.2) is 24.3 Å². The molecule has 4 nitrogen and oxygen atoms in total. The first-order chi connectivity index (χ1) is 10.6. The lowest BCUT2D eigenvalue weighted by atomic mass is 10.1. The highest BCUT2D eigenvalue weighted by molar-refractivity contribution is 5.81. The standard InChI is InChI=1S/C17H24FN3O/c1-19-8-10-20(11-9-19)13-15-6-7-21(17(15)22)12-14-2-4-16(18)5-3-14/h2-5,15H,6-13H2,1H3. The third-order valence-electron chi connectivity index (χ3n) is 4.77. The minimum absolute atomic E-state index is 0.129. The molecule has 2 heterocycles. The van der Waals surface area contributed by atoms with Crippen LogP contribution in [0.5, 0.6) is 0 Å². The van der Waals surface area contributed by atoms with Gasteiger partial charge in [0, 0.05) is 45.8 Å². The summed E-state index contributed by atoms with van der Waals surface area (Å²) in [4.78, 5) is 19.2. The fourth-order valence-corrected chi connectivity index (χ4v) is 3.28. The number of nitrogens with zero attached hydrogens (tertiary/aromatic N) is 3. The van der Waals surface area contributed by atoms with E-state index in [9.17, 15) is 9.18 Å². The van der Waals surface area contributed by atoms with Crippen molar-refractivity contribution in [1.29, 1.82) is 0 Å². The maximum atomic E-state index is 12.9. The van der Waals surface area contributed by atoms with E-state index in [0.717, 1.165) is 51.3 Å². The fraction of sp³-hybridized carbons (Fsp3) is 0.588. The number of piperazine rings is 1. The Morgan fingerprint density at radius 1 is 1.09 bits per heavy atom. The fourth-order valence-electron chi connectivity index (χ4n) is 3.28. The monoisotopic (exact) mass is 305 g/mol. The molecule has 120 valence electrons. The Morgan fingerprint density at radius 3 is 2.45 bits per heavy atom. The molecule has 2 saturated heterocycles. The molecule has 0 saturated carbocycles. The smallest absolute Gasteiger partial charge is 0.227 e. The van der Waals surface area contributed by atoms with Crippen LogP contribution in [0.2, 0.25) is 0 Å². The highest BCUT2D eigenvalue weighted by Crippen LogP contribution is 2.22. The molecule has 0 spiro atoms. The zero-order valence-electron chi connectivity index (χ0n) is 13.2. The van der Waals surface area contributed by atoms with E-state index < -0.39 is 0 Å². The SMILES string of the molecule is CN1CCN(CC2CCN(Cc3ccc(F)cc3)C2=O)CC1. The summed E-state index contributed by atoms with van der Waals surface area (Å²) in [7, 11) is 2.14. The average molecular weight is 305 g/mol. The molecule has 3 rings (SSSR count). The van der Waals surface area contributed by atoms with Gasteiger partial charge < -0.3 is 14.7 Å². The van der Waals surface area contributed by atoms with Gasteiger partial charge in [0.15, 0.2) is 0 Å². The van der Waals surface area contributed by atoms with Crippen molar-refractivity contribution in [3.8, 4) is 0 Å². The van der Waals surface area contributed by atoms with Gasteiger partial charge in [-0.1, -0.05) is 12.1 Å². The molecule has 0 radical (unpaired) electrons. The van der Waals surface area contributed by atoms with Crippen LogP contribution in [-0.4, -0.2) is 66.9 Å². The molecule has 5 heteroatoms. The van der Waals surface area contributed by atoms with E-state index in [-0.39, 0.29) is 17.6 Å². The second-order valence-corrected chi connectivity index (χ2v) is 6.48. The Kier molecular flexibility index (Phi) is 4.74. The van der Waals surface area contributed by atoms with Crippen molar-refractivity contribution in [2.45, 2.75) is 13.0 Å². The quantitative estimate of drug-likeness (QED) is 0.842. The van der Waals surface area contributed by atoms with Crippen molar-refractivity contribution >= 4 is 5.91 Å². The second kappa shape index (κ2) is 6.75. The number of likely N-dealkylation sites (N-methyl/N-ethyl adjacent to an activating group) is 1. The molecule has 0 bridgehead atoms. The Morgan fingerprint density at radius 2 is 1.77 bits per heavy atom. The number of carbonyl (C=O) groups excluding carboxylic acids is 1. The van der Waals surface area contributed by atoms with Gasteiger partial charge in [-0.3, -0.25) is 4.79 Å². The summed E-state index contributed by atoms with van der Waals surface area (Å²) in [6, 6.07) is 6.43. The molecular weight excluding hydrogens is 281 g/mol. The molecule has 2 fully saturated rings. The summed E-state index contributed by atoms with van der Waals surface area (Å²) >= 11 is 0. The molecule has 2 aliphatic heterocycles. The molecule has 0 N–H and O–H groups in total. The molecule has 0 aromatic heterocycles. The first kappa shape index (κ1) is 15.4. The van der Waals surface area contributed by atoms with E-state index in [1.807, 2.05) is 4.90 Å². The minimum Gasteiger partial charge on any atom is -0.338 e. The third-order valence-corrected chi connectivity index (χ3v) is 4.77. The molecule has 1 amide bonds. The second-order valence-electron chi connectivity index (χ2n) is 6.48. The first-order valence-corrected chi connectivity index (χ1v) is 8.06. The van der Waals surface area contributed by atoms with Crippen LogP contribution in [0.25, 0.3) is 0 Å². The van der Waals surface area contributed by atoms with E-state index >= 15 is 0 Å². The van der Waals surface area contributed by atoms with Crippen LogP contribution in [-0.2, 0) is 11.3 Å². The van der Waals surface area contributed by atoms with Gasteiger partial charge in [0.05, 0.1) is 5.92 Å². The Hall–Kier alpha value is -1.46. The highest BCUT2D eigenvalue weighted by Gasteiger charge is 2.33. The Balaban J connectivity index is 1.52. The zero-order valence-corrected chi connectivity index (χ0v) is 13.2. The zero-order chi connectivity index (χ0) is 15.5. The van der Waals surface area contributed by atoms with Gasteiger partial charge in [-0.05, 0) is 31.2 Å². The number of rotatable bonds is 4. The van der Waals surface area contributed by atoms with Gasteiger partial charge in [0.1, 0.15) is 5.82 Å². The van der Waals surface area contributed by atoms with Crippen LogP contribution in [0, 0.1) is 11.7 Å². The van der Waals surface area contributed by atoms with Crippen molar-refractivity contribution in [1.82, 2.24) is 14.7 Å². The molecule has 22 heavy (non-hydrogen) atoms. The van der Waals surface area contributed by atoms with Crippen molar-refractivity contribution in [3.63, 3.8) is 0 Å². The van der Waals surface area contributed by atoms with Crippen molar-refractivity contribution in [2.24, 2.45) is 5.92 Å². The predicted molar refractivity (Wildman–Crippen MR) is 83.9 cm³/mol. The molecule has 1 aromatic rings. The maximum absolute atomic E-state index is 12.9. The van der Waals surface area contributed by atoms with Crippen LogP contribution in [0.1, 0.15) is 12.0 Å². The topological polar surface area (TPSA) is 26.8 Å². The maximum Gasteiger partial charge on any atom is 0.227 e. The van der Waals surface area contributed by atoms with E-state index in [1.54, 1.807) is 12.1 Å². The summed E-state index contributed by atoms with van der Waals surface area (Å²) in [6.45, 7) is 6.57. The van der Waals surface area contributed by atoms with Crippen molar-refractivity contribution < 1.29 is 9.18 Å². The van der Waals surface area contributed by atoms with Gasteiger partial charge in [0.25, 0.3) is 0 Å². The van der Waals surface area contributed by atoms with Gasteiger partial charge >= 0.3 is 0 Å². The lowest BCUT2D eigenvalue weighted by molar-refractivity contribution is -0.132. The van der Waals surface area contributed by atoms with Gasteiger partial charge in [0.2, 0.25) is 5.91 Å². The molecule has 2 aliphatic rings. The summed E-state index contributed by atoms with van der Waals surface area (Å²) in [5, 5.41) is 0. The number of hydrogen-bond donors (Lipinski definition) is 0. The van der Waals surface area contributed by atoms with Crippen molar-refractivity contribution in [3.05, 3.63) is 35.6 Å². The van der Waals surface area contributed by atoms with Crippen LogP contribution in [0.3, 0.4) is 0 Å². The van der Waals surface area contributed by atoms with Gasteiger partial charge in [-0.15, -0.1) is 0 Å². The summed E-state index contributed by atoms with van der Waals surface area (Å²) in [5.41, 5.74) is 0.995. The largest absolute Gasteiger partial charge is 0.338 e. The number of hydrogen-bond acceptors (Lipinski definition) is 3. The lowest BCUT2D eigenvalue weighted by Gasteiger charge is -2.33. The Labute approximate surface area is 131 Å². The number of halogens is 1. The third kappa shape index (κ3) is 3.65. The molecule has 0 aliphatic carbocycles. The summed E-state index contributed by atoms with van der Waals surface area (Å²) in [5.74, 6) is 0.150. The number of carbonyl (C=O) groups is 1. The Bertz CT molecular complexity index is 511. The first-order valence-electron chi connectivity index (χ1n) is 8.06. The lowest BCUT2D eigenvalue weighted by Crippen LogP contribution is -2.46. The van der Waals surface area contributed by atoms with Crippen LogP contribution in [0.4, 0.5) is 4.39 Å².